The maximum Gasteiger partial charge on any atom is 0.225 e. The first-order chi connectivity index (χ1) is 11.7. The number of piperidine rings is 1. The van der Waals surface area contributed by atoms with Crippen LogP contribution >= 0.6 is 0 Å². The molecular weight excluding hydrogens is 302 g/mol. The number of carbonyl (C=O) groups excluding carboxylic acids is 1. The van der Waals surface area contributed by atoms with Gasteiger partial charge in [-0.2, -0.15) is 0 Å². The Kier molecular flexibility index (Phi) is 6.01. The van der Waals surface area contributed by atoms with Crippen LogP contribution in [0.3, 0.4) is 0 Å². The molecule has 0 aliphatic carbocycles. The highest BCUT2D eigenvalue weighted by Crippen LogP contribution is 2.22. The summed E-state index contributed by atoms with van der Waals surface area (Å²) in [7, 11) is 0. The zero-order chi connectivity index (χ0) is 16.8. The molecule has 0 unspecified atom stereocenters. The van der Waals surface area contributed by atoms with Crippen molar-refractivity contribution in [1.82, 2.24) is 20.2 Å². The van der Waals surface area contributed by atoms with Crippen molar-refractivity contribution >= 4 is 11.9 Å². The third kappa shape index (κ3) is 4.66. The van der Waals surface area contributed by atoms with Crippen LogP contribution in [-0.4, -0.2) is 53.0 Å². The van der Waals surface area contributed by atoms with E-state index < -0.39 is 0 Å². The minimum Gasteiger partial charge on any atom is -0.356 e. The fourth-order valence-corrected chi connectivity index (χ4v) is 3.76. The van der Waals surface area contributed by atoms with Gasteiger partial charge in [0.15, 0.2) is 0 Å². The molecule has 6 nitrogen and oxygen atoms in total. The van der Waals surface area contributed by atoms with E-state index in [1.807, 2.05) is 12.3 Å². The maximum atomic E-state index is 11.1. The monoisotopic (exact) mass is 331 g/mol. The van der Waals surface area contributed by atoms with E-state index in [-0.39, 0.29) is 5.91 Å². The zero-order valence-electron chi connectivity index (χ0n) is 14.7. The molecule has 0 spiro atoms. The minimum atomic E-state index is 0.0587. The number of rotatable bonds is 6. The van der Waals surface area contributed by atoms with E-state index in [9.17, 15) is 4.79 Å². The molecular formula is C18H29N5O. The predicted molar refractivity (Wildman–Crippen MR) is 94.8 cm³/mol. The number of hydrogen-bond acceptors (Lipinski definition) is 5. The van der Waals surface area contributed by atoms with Crippen molar-refractivity contribution in [3.05, 3.63) is 18.0 Å². The van der Waals surface area contributed by atoms with Crippen molar-refractivity contribution < 1.29 is 4.79 Å². The molecule has 132 valence electrons. The van der Waals surface area contributed by atoms with Crippen molar-refractivity contribution in [2.24, 2.45) is 0 Å². The van der Waals surface area contributed by atoms with Crippen LogP contribution in [0.25, 0.3) is 0 Å². The molecule has 3 heterocycles. The van der Waals surface area contributed by atoms with Crippen LogP contribution in [0.4, 0.5) is 5.95 Å². The Hall–Kier alpha value is -1.69. The van der Waals surface area contributed by atoms with Crippen molar-refractivity contribution in [2.45, 2.75) is 58.0 Å². The quantitative estimate of drug-likeness (QED) is 0.863. The number of nitrogens with one attached hydrogen (secondary N) is 1. The summed E-state index contributed by atoms with van der Waals surface area (Å²) in [6.45, 7) is 6.50. The summed E-state index contributed by atoms with van der Waals surface area (Å²) < 4.78 is 0. The molecule has 2 saturated heterocycles. The Bertz CT molecular complexity index is 544. The normalized spacial score (nSPS) is 21.9. The van der Waals surface area contributed by atoms with Gasteiger partial charge in [0.2, 0.25) is 11.9 Å². The Morgan fingerprint density at radius 2 is 2.04 bits per heavy atom. The Morgan fingerprint density at radius 3 is 2.83 bits per heavy atom. The fourth-order valence-electron chi connectivity index (χ4n) is 3.76. The lowest BCUT2D eigenvalue weighted by Gasteiger charge is -2.35. The van der Waals surface area contributed by atoms with Gasteiger partial charge in [0, 0.05) is 45.3 Å². The van der Waals surface area contributed by atoms with Crippen LogP contribution < -0.4 is 10.2 Å². The molecule has 0 saturated carbocycles. The van der Waals surface area contributed by atoms with E-state index in [1.165, 1.54) is 32.1 Å². The van der Waals surface area contributed by atoms with Gasteiger partial charge in [0.25, 0.3) is 0 Å². The molecule has 0 bridgehead atoms. The van der Waals surface area contributed by atoms with Crippen LogP contribution in [0.1, 0.15) is 51.1 Å². The molecule has 3 rings (SSSR count). The third-order valence-corrected chi connectivity index (χ3v) is 5.06. The standard InChI is InChI=1S/C18H29N5O/c1-15(24)19-10-8-17-6-2-3-13-23(17)14-16-7-9-20-18(21-16)22-11-4-5-12-22/h7,9,17H,2-6,8,10-14H2,1H3,(H,19,24)/t17-/m0/s1. The molecule has 6 heteroatoms. The van der Waals surface area contributed by atoms with Gasteiger partial charge >= 0.3 is 0 Å². The first kappa shape index (κ1) is 17.1. The fraction of sp³-hybridized carbons (Fsp3) is 0.722. The zero-order valence-corrected chi connectivity index (χ0v) is 14.7. The molecule has 1 amide bonds. The number of carbonyl (C=O) groups is 1. The number of nitrogens with zero attached hydrogens (tertiary/aromatic N) is 4. The highest BCUT2D eigenvalue weighted by molar-refractivity contribution is 5.72. The lowest BCUT2D eigenvalue weighted by atomic mass is 9.99. The first-order valence-corrected chi connectivity index (χ1v) is 9.28. The first-order valence-electron chi connectivity index (χ1n) is 9.28. The Morgan fingerprint density at radius 1 is 1.25 bits per heavy atom. The molecule has 1 aromatic heterocycles. The lowest BCUT2D eigenvalue weighted by molar-refractivity contribution is -0.119. The maximum absolute atomic E-state index is 11.1. The van der Waals surface area contributed by atoms with Crippen LogP contribution in [0.2, 0.25) is 0 Å². The summed E-state index contributed by atoms with van der Waals surface area (Å²) in [5.74, 6) is 0.945. The number of aromatic nitrogens is 2. The number of hydrogen-bond donors (Lipinski definition) is 1. The second-order valence-electron chi connectivity index (χ2n) is 6.93. The number of likely N-dealkylation sites (tertiary alicyclic amines) is 1. The minimum absolute atomic E-state index is 0.0587. The van der Waals surface area contributed by atoms with Gasteiger partial charge in [-0.15, -0.1) is 0 Å². The molecule has 1 aromatic rings. The van der Waals surface area contributed by atoms with Crippen LogP contribution in [0.15, 0.2) is 12.3 Å². The van der Waals surface area contributed by atoms with Crippen LogP contribution in [0.5, 0.6) is 0 Å². The number of amides is 1. The summed E-state index contributed by atoms with van der Waals surface area (Å²) in [5.41, 5.74) is 1.11. The van der Waals surface area contributed by atoms with Crippen LogP contribution in [-0.2, 0) is 11.3 Å². The lowest BCUT2D eigenvalue weighted by Crippen LogP contribution is -2.41. The van der Waals surface area contributed by atoms with E-state index in [1.54, 1.807) is 6.92 Å². The summed E-state index contributed by atoms with van der Waals surface area (Å²) in [6, 6.07) is 2.58. The molecule has 1 N–H and O–H groups in total. The predicted octanol–water partition coefficient (Wildman–Crippen LogP) is 1.96. The summed E-state index contributed by atoms with van der Waals surface area (Å²) in [5, 5.41) is 2.93. The largest absolute Gasteiger partial charge is 0.356 e. The molecule has 2 aliphatic heterocycles. The van der Waals surface area contributed by atoms with E-state index >= 15 is 0 Å². The summed E-state index contributed by atoms with van der Waals surface area (Å²) >= 11 is 0. The van der Waals surface area contributed by atoms with E-state index in [0.29, 0.717) is 6.04 Å². The Balaban J connectivity index is 1.60. The third-order valence-electron chi connectivity index (χ3n) is 5.06. The molecule has 0 aromatic carbocycles. The van der Waals surface area contributed by atoms with Crippen molar-refractivity contribution in [1.29, 1.82) is 0 Å². The smallest absolute Gasteiger partial charge is 0.225 e. The van der Waals surface area contributed by atoms with Crippen molar-refractivity contribution in [3.63, 3.8) is 0 Å². The van der Waals surface area contributed by atoms with Gasteiger partial charge in [-0.3, -0.25) is 9.69 Å². The molecule has 2 fully saturated rings. The van der Waals surface area contributed by atoms with Crippen molar-refractivity contribution in [2.75, 3.05) is 31.1 Å². The second kappa shape index (κ2) is 8.42. The topological polar surface area (TPSA) is 61.4 Å². The van der Waals surface area contributed by atoms with Gasteiger partial charge in [-0.05, 0) is 44.7 Å². The second-order valence-corrected chi connectivity index (χ2v) is 6.93. The van der Waals surface area contributed by atoms with Gasteiger partial charge < -0.3 is 10.2 Å². The van der Waals surface area contributed by atoms with E-state index in [0.717, 1.165) is 50.8 Å². The van der Waals surface area contributed by atoms with Crippen LogP contribution in [0, 0.1) is 0 Å². The van der Waals surface area contributed by atoms with Gasteiger partial charge in [-0.1, -0.05) is 6.42 Å². The SMILES string of the molecule is CC(=O)NCC[C@@H]1CCCCN1Cc1ccnc(N2CCCC2)n1. The number of anilines is 1. The Labute approximate surface area is 144 Å². The highest BCUT2D eigenvalue weighted by Gasteiger charge is 2.23. The van der Waals surface area contributed by atoms with Gasteiger partial charge in [0.05, 0.1) is 5.69 Å². The average Bonchev–Trinajstić information content (AvgIpc) is 3.11. The summed E-state index contributed by atoms with van der Waals surface area (Å²) in [4.78, 5) is 25.1. The molecule has 24 heavy (non-hydrogen) atoms. The van der Waals surface area contributed by atoms with E-state index in [2.05, 4.69) is 20.1 Å². The van der Waals surface area contributed by atoms with E-state index in [4.69, 9.17) is 4.98 Å². The van der Waals surface area contributed by atoms with Gasteiger partial charge in [0.1, 0.15) is 0 Å². The highest BCUT2D eigenvalue weighted by atomic mass is 16.1. The molecule has 2 aliphatic rings. The van der Waals surface area contributed by atoms with Crippen molar-refractivity contribution in [3.8, 4) is 0 Å². The molecule has 1 atom stereocenters. The van der Waals surface area contributed by atoms with Gasteiger partial charge in [-0.25, -0.2) is 9.97 Å². The average molecular weight is 331 g/mol. The molecule has 0 radical (unpaired) electrons. The summed E-state index contributed by atoms with van der Waals surface area (Å²) in [6.07, 6.45) is 9.14.